The molecule has 2 atom stereocenters. The predicted octanol–water partition coefficient (Wildman–Crippen LogP) is 5.74. The summed E-state index contributed by atoms with van der Waals surface area (Å²) < 4.78 is 53.2. The van der Waals surface area contributed by atoms with E-state index in [1.807, 2.05) is 12.1 Å². The molecular formula is C27H24F3N3O3. The number of aryl methyl sites for hydroxylation is 1. The maximum Gasteiger partial charge on any atom is 0.422 e. The Hall–Kier alpha value is -3.43. The van der Waals surface area contributed by atoms with Crippen molar-refractivity contribution in [2.45, 2.75) is 49.7 Å². The van der Waals surface area contributed by atoms with E-state index in [4.69, 9.17) is 14.8 Å². The monoisotopic (exact) mass is 495 g/mol. The molecule has 2 aromatic carbocycles. The van der Waals surface area contributed by atoms with Crippen LogP contribution in [-0.4, -0.2) is 27.6 Å². The van der Waals surface area contributed by atoms with Gasteiger partial charge in [0, 0.05) is 22.2 Å². The quantitative estimate of drug-likeness (QED) is 0.375. The third-order valence-electron chi connectivity index (χ3n) is 7.47. The van der Waals surface area contributed by atoms with E-state index in [0.29, 0.717) is 24.1 Å². The minimum absolute atomic E-state index is 0.00960. The van der Waals surface area contributed by atoms with Crippen LogP contribution in [0.3, 0.4) is 0 Å². The molecule has 2 heterocycles. The van der Waals surface area contributed by atoms with Crippen LogP contribution in [0, 0.1) is 0 Å². The smallest absolute Gasteiger partial charge is 0.394 e. The summed E-state index contributed by atoms with van der Waals surface area (Å²) in [6, 6.07) is 14.2. The maximum atomic E-state index is 14.2. The summed E-state index contributed by atoms with van der Waals surface area (Å²) in [5, 5.41) is 17.6. The van der Waals surface area contributed by atoms with Gasteiger partial charge in [0.05, 0.1) is 6.61 Å². The van der Waals surface area contributed by atoms with Crippen molar-refractivity contribution in [3.05, 3.63) is 70.8 Å². The van der Waals surface area contributed by atoms with Gasteiger partial charge in [0.1, 0.15) is 11.3 Å². The minimum atomic E-state index is -4.70. The molecule has 0 radical (unpaired) electrons. The van der Waals surface area contributed by atoms with E-state index in [9.17, 15) is 18.3 Å². The summed E-state index contributed by atoms with van der Waals surface area (Å²) in [7, 11) is 0. The molecular weight excluding hydrogens is 471 g/mol. The number of aromatic nitrogens is 2. The van der Waals surface area contributed by atoms with Crippen LogP contribution in [0.15, 0.2) is 57.6 Å². The van der Waals surface area contributed by atoms with Crippen molar-refractivity contribution in [1.82, 2.24) is 10.3 Å². The van der Waals surface area contributed by atoms with Gasteiger partial charge in [-0.3, -0.25) is 0 Å². The van der Waals surface area contributed by atoms with Crippen LogP contribution in [0.1, 0.15) is 47.4 Å². The van der Waals surface area contributed by atoms with Gasteiger partial charge in [0.2, 0.25) is 0 Å². The molecule has 186 valence electrons. The third kappa shape index (κ3) is 3.74. The first-order chi connectivity index (χ1) is 17.3. The van der Waals surface area contributed by atoms with E-state index in [0.717, 1.165) is 36.0 Å². The highest BCUT2D eigenvalue weighted by molar-refractivity contribution is 5.79. The second-order valence-electron chi connectivity index (χ2n) is 9.81. The molecule has 6 rings (SSSR count). The Morgan fingerprint density at radius 1 is 1.00 bits per heavy atom. The molecule has 0 aliphatic heterocycles. The van der Waals surface area contributed by atoms with Crippen LogP contribution >= 0.6 is 0 Å². The van der Waals surface area contributed by atoms with E-state index >= 15 is 0 Å². The van der Waals surface area contributed by atoms with Crippen molar-refractivity contribution in [2.24, 2.45) is 5.73 Å². The topological polar surface area (TPSA) is 98.3 Å². The Morgan fingerprint density at radius 3 is 2.47 bits per heavy atom. The number of rotatable bonds is 4. The number of halogens is 3. The van der Waals surface area contributed by atoms with Crippen LogP contribution < -0.4 is 5.73 Å². The summed E-state index contributed by atoms with van der Waals surface area (Å²) in [4.78, 5) is 0. The highest BCUT2D eigenvalue weighted by Crippen LogP contribution is 2.47. The molecule has 2 aliphatic rings. The van der Waals surface area contributed by atoms with Crippen LogP contribution in [0.2, 0.25) is 0 Å². The fraction of sp³-hybridized carbons (Fsp3) is 0.333. The molecule has 36 heavy (non-hydrogen) atoms. The molecule has 0 amide bonds. The van der Waals surface area contributed by atoms with E-state index in [1.165, 1.54) is 0 Å². The molecule has 0 spiro atoms. The Balaban J connectivity index is 1.38. The average molecular weight is 496 g/mol. The fourth-order valence-corrected chi connectivity index (χ4v) is 5.58. The number of aliphatic hydroxyl groups excluding tert-OH is 1. The summed E-state index contributed by atoms with van der Waals surface area (Å²) >= 11 is 0. The third-order valence-corrected chi connectivity index (χ3v) is 7.47. The zero-order valence-electron chi connectivity index (χ0n) is 19.3. The average Bonchev–Trinajstić information content (AvgIpc) is 3.60. The number of benzene rings is 2. The van der Waals surface area contributed by atoms with Gasteiger partial charge in [-0.25, -0.2) is 0 Å². The van der Waals surface area contributed by atoms with E-state index < -0.39 is 17.3 Å². The van der Waals surface area contributed by atoms with Crippen molar-refractivity contribution < 1.29 is 27.3 Å². The van der Waals surface area contributed by atoms with Crippen molar-refractivity contribution in [1.29, 1.82) is 0 Å². The summed E-state index contributed by atoms with van der Waals surface area (Å²) in [6.07, 6.45) is -1.20. The second kappa shape index (κ2) is 8.31. The number of alkyl halides is 3. The summed E-state index contributed by atoms with van der Waals surface area (Å²) in [5.41, 5.74) is 8.84. The van der Waals surface area contributed by atoms with E-state index in [2.05, 4.69) is 16.4 Å². The molecule has 2 aliphatic carbocycles. The number of fused-ring (bicyclic) bond motifs is 3. The molecule has 6 nitrogen and oxygen atoms in total. The second-order valence-corrected chi connectivity index (χ2v) is 9.81. The van der Waals surface area contributed by atoms with Gasteiger partial charge in [-0.1, -0.05) is 58.8 Å². The summed E-state index contributed by atoms with van der Waals surface area (Å²) in [6.45, 7) is -0.0343. The molecule has 4 aromatic rings. The van der Waals surface area contributed by atoms with Crippen LogP contribution in [0.25, 0.3) is 34.0 Å². The Bertz CT molecular complexity index is 1430. The van der Waals surface area contributed by atoms with Crippen LogP contribution in [0.4, 0.5) is 13.2 Å². The summed E-state index contributed by atoms with van der Waals surface area (Å²) in [5.74, 6) is -0.0910. The SMILES string of the molecule is N[C@]1(CO)CC[C@H](c2ccc3c(c2)CCc2c-3noc2-c2noc(-c3ccccc3)c2C(F)(F)F)C1. The lowest BCUT2D eigenvalue weighted by atomic mass is 9.84. The molecule has 2 aromatic heterocycles. The molecule has 0 unspecified atom stereocenters. The lowest BCUT2D eigenvalue weighted by molar-refractivity contribution is -0.136. The largest absolute Gasteiger partial charge is 0.422 e. The molecule has 3 N–H and O–H groups in total. The Labute approximate surface area is 204 Å². The van der Waals surface area contributed by atoms with Crippen molar-refractivity contribution in [3.8, 4) is 34.0 Å². The van der Waals surface area contributed by atoms with Gasteiger partial charge in [-0.15, -0.1) is 0 Å². The van der Waals surface area contributed by atoms with E-state index in [1.54, 1.807) is 30.3 Å². The molecule has 0 bridgehead atoms. The first kappa shape index (κ1) is 23.0. The number of aliphatic hydroxyl groups is 1. The molecule has 9 heteroatoms. The number of hydrogen-bond donors (Lipinski definition) is 2. The number of hydrogen-bond acceptors (Lipinski definition) is 6. The number of nitrogens with two attached hydrogens (primary N) is 1. The van der Waals surface area contributed by atoms with Crippen LogP contribution in [0.5, 0.6) is 0 Å². The zero-order valence-corrected chi connectivity index (χ0v) is 19.3. The zero-order chi connectivity index (χ0) is 25.1. The van der Waals surface area contributed by atoms with Gasteiger partial charge < -0.3 is 19.9 Å². The van der Waals surface area contributed by atoms with Crippen molar-refractivity contribution in [2.75, 3.05) is 6.61 Å². The molecule has 0 saturated heterocycles. The lowest BCUT2D eigenvalue weighted by Gasteiger charge is -2.22. The minimum Gasteiger partial charge on any atom is -0.394 e. The Morgan fingerprint density at radius 2 is 1.75 bits per heavy atom. The van der Waals surface area contributed by atoms with Gasteiger partial charge in [0.15, 0.2) is 17.2 Å². The highest BCUT2D eigenvalue weighted by atomic mass is 19.4. The van der Waals surface area contributed by atoms with E-state index in [-0.39, 0.29) is 35.3 Å². The predicted molar refractivity (Wildman–Crippen MR) is 126 cm³/mol. The fourth-order valence-electron chi connectivity index (χ4n) is 5.58. The molecule has 1 saturated carbocycles. The van der Waals surface area contributed by atoms with Gasteiger partial charge in [-0.05, 0) is 49.1 Å². The number of nitrogens with zero attached hydrogens (tertiary/aromatic N) is 2. The first-order valence-corrected chi connectivity index (χ1v) is 11.9. The molecule has 1 fully saturated rings. The van der Waals surface area contributed by atoms with Gasteiger partial charge in [0.25, 0.3) is 0 Å². The van der Waals surface area contributed by atoms with Crippen LogP contribution in [-0.2, 0) is 19.0 Å². The maximum absolute atomic E-state index is 14.2. The van der Waals surface area contributed by atoms with Gasteiger partial charge >= 0.3 is 6.18 Å². The standard InChI is InChI=1S/C27H24F3N3O3/c28-27(29,30)21-23(33-35-24(21)15-4-2-1-3-5-15)25-20-9-7-17-12-16(6-8-19(17)22(20)32-36-25)18-10-11-26(31,13-18)14-34/h1-6,8,12,18,34H,7,9-11,13-14,31H2/t18-,26+/m0/s1. The highest BCUT2D eigenvalue weighted by Gasteiger charge is 2.43. The van der Waals surface area contributed by atoms with Crippen molar-refractivity contribution >= 4 is 0 Å². The lowest BCUT2D eigenvalue weighted by Crippen LogP contribution is -2.40. The normalized spacial score (nSPS) is 21.4. The van der Waals surface area contributed by atoms with Gasteiger partial charge in [-0.2, -0.15) is 13.2 Å². The Kier molecular flexibility index (Phi) is 5.31. The van der Waals surface area contributed by atoms with Crippen molar-refractivity contribution in [3.63, 3.8) is 0 Å². The first-order valence-electron chi connectivity index (χ1n) is 11.9.